The summed E-state index contributed by atoms with van der Waals surface area (Å²) < 4.78 is 33.2. The highest BCUT2D eigenvalue weighted by Gasteiger charge is 2.14. The molecule has 26 heavy (non-hydrogen) atoms. The molecule has 7 heteroatoms. The third kappa shape index (κ3) is 4.35. The van der Waals surface area contributed by atoms with Crippen molar-refractivity contribution in [1.82, 2.24) is 0 Å². The van der Waals surface area contributed by atoms with E-state index in [9.17, 15) is 8.42 Å². The van der Waals surface area contributed by atoms with Gasteiger partial charge in [-0.1, -0.05) is 35.9 Å². The molecule has 3 N–H and O–H groups in total. The maximum Gasteiger partial charge on any atom is 0.261 e. The van der Waals surface area contributed by atoms with E-state index in [1.807, 2.05) is 0 Å². The monoisotopic (exact) mass is 388 g/mol. The molecule has 0 unspecified atom stereocenters. The van der Waals surface area contributed by atoms with Crippen LogP contribution >= 0.6 is 11.6 Å². The first-order valence-electron chi connectivity index (χ1n) is 7.82. The molecule has 0 saturated heterocycles. The number of halogens is 1. The summed E-state index contributed by atoms with van der Waals surface area (Å²) in [6.07, 6.45) is 0. The normalized spacial score (nSPS) is 11.2. The second-order valence-corrected chi connectivity index (χ2v) is 7.60. The molecule has 0 aliphatic carbocycles. The summed E-state index contributed by atoms with van der Waals surface area (Å²) >= 11 is 6.05. The highest BCUT2D eigenvalue weighted by molar-refractivity contribution is 7.92. The molecular formula is C19H17ClN2O3S. The van der Waals surface area contributed by atoms with Crippen LogP contribution in [-0.2, 0) is 16.6 Å². The molecule has 3 rings (SSSR count). The van der Waals surface area contributed by atoms with Crippen LogP contribution in [0.2, 0.25) is 5.02 Å². The highest BCUT2D eigenvalue weighted by atomic mass is 35.5. The minimum atomic E-state index is -3.69. The average molecular weight is 389 g/mol. The van der Waals surface area contributed by atoms with Crippen molar-refractivity contribution in [3.05, 3.63) is 83.4 Å². The second kappa shape index (κ2) is 7.78. The van der Waals surface area contributed by atoms with Crippen LogP contribution in [0.1, 0.15) is 5.56 Å². The van der Waals surface area contributed by atoms with Gasteiger partial charge >= 0.3 is 0 Å². The van der Waals surface area contributed by atoms with E-state index in [4.69, 9.17) is 22.1 Å². The van der Waals surface area contributed by atoms with E-state index in [-0.39, 0.29) is 4.90 Å². The molecule has 5 nitrogen and oxygen atoms in total. The van der Waals surface area contributed by atoms with Gasteiger partial charge in [-0.3, -0.25) is 4.72 Å². The predicted octanol–water partition coefficient (Wildman–Crippen LogP) is 4.39. The van der Waals surface area contributed by atoms with Crippen molar-refractivity contribution in [2.75, 3.05) is 4.72 Å². The lowest BCUT2D eigenvalue weighted by atomic mass is 10.2. The number of nitrogens with one attached hydrogen (secondary N) is 1. The number of anilines is 1. The minimum absolute atomic E-state index is 0.131. The van der Waals surface area contributed by atoms with Gasteiger partial charge in [0.1, 0.15) is 11.5 Å². The van der Waals surface area contributed by atoms with Crippen LogP contribution in [0.4, 0.5) is 5.69 Å². The van der Waals surface area contributed by atoms with Crippen LogP contribution in [0.15, 0.2) is 77.7 Å². The predicted molar refractivity (Wildman–Crippen MR) is 103 cm³/mol. The number of rotatable bonds is 6. The first-order chi connectivity index (χ1) is 12.5. The molecule has 0 amide bonds. The van der Waals surface area contributed by atoms with Gasteiger partial charge < -0.3 is 10.5 Å². The Morgan fingerprint density at radius 1 is 0.923 bits per heavy atom. The smallest absolute Gasteiger partial charge is 0.261 e. The van der Waals surface area contributed by atoms with E-state index in [0.717, 1.165) is 5.56 Å². The Morgan fingerprint density at radius 3 is 2.19 bits per heavy atom. The number of para-hydroxylation sites is 1. The van der Waals surface area contributed by atoms with Crippen molar-refractivity contribution in [2.24, 2.45) is 5.73 Å². The number of ether oxygens (including phenoxy) is 1. The van der Waals surface area contributed by atoms with Crippen molar-refractivity contribution in [3.63, 3.8) is 0 Å². The van der Waals surface area contributed by atoms with E-state index in [1.165, 1.54) is 12.1 Å². The molecule has 0 aromatic heterocycles. The van der Waals surface area contributed by atoms with Gasteiger partial charge in [0.15, 0.2) is 0 Å². The van der Waals surface area contributed by atoms with E-state index >= 15 is 0 Å². The minimum Gasteiger partial charge on any atom is -0.456 e. The zero-order valence-electron chi connectivity index (χ0n) is 13.7. The number of nitrogens with two attached hydrogens (primary N) is 1. The SMILES string of the molecule is NCc1ccc(NS(=O)(=O)c2ccc(Oc3ccccc3Cl)cc2)cc1. The van der Waals surface area contributed by atoms with Crippen molar-refractivity contribution in [2.45, 2.75) is 11.4 Å². The molecule has 3 aromatic carbocycles. The van der Waals surface area contributed by atoms with E-state index in [2.05, 4.69) is 4.72 Å². The Kier molecular flexibility index (Phi) is 5.46. The first-order valence-corrected chi connectivity index (χ1v) is 9.68. The fraction of sp³-hybridized carbons (Fsp3) is 0.0526. The molecule has 3 aromatic rings. The molecule has 0 spiro atoms. The number of sulfonamides is 1. The average Bonchev–Trinajstić information content (AvgIpc) is 2.64. The number of hydrogen-bond donors (Lipinski definition) is 2. The summed E-state index contributed by atoms with van der Waals surface area (Å²) in [5, 5.41) is 0.479. The Labute approximate surface area is 157 Å². The Morgan fingerprint density at radius 2 is 1.58 bits per heavy atom. The maximum absolute atomic E-state index is 12.5. The van der Waals surface area contributed by atoms with Crippen LogP contribution in [0.25, 0.3) is 0 Å². The molecule has 134 valence electrons. The molecule has 0 atom stereocenters. The first kappa shape index (κ1) is 18.3. The van der Waals surface area contributed by atoms with Gasteiger partial charge in [0.2, 0.25) is 0 Å². The summed E-state index contributed by atoms with van der Waals surface area (Å²) in [7, 11) is -3.69. The summed E-state index contributed by atoms with van der Waals surface area (Å²) in [4.78, 5) is 0.131. The molecule has 0 bridgehead atoms. The number of hydrogen-bond acceptors (Lipinski definition) is 4. The third-order valence-electron chi connectivity index (χ3n) is 3.64. The maximum atomic E-state index is 12.5. The molecule has 0 saturated carbocycles. The van der Waals surface area contributed by atoms with Gasteiger partial charge in [-0.15, -0.1) is 0 Å². The van der Waals surface area contributed by atoms with E-state index in [1.54, 1.807) is 60.7 Å². The van der Waals surface area contributed by atoms with Gasteiger partial charge in [-0.25, -0.2) is 8.42 Å². The van der Waals surface area contributed by atoms with Crippen LogP contribution in [0.3, 0.4) is 0 Å². The molecular weight excluding hydrogens is 372 g/mol. The summed E-state index contributed by atoms with van der Waals surface area (Å²) in [6, 6.07) is 20.1. The Bertz CT molecular complexity index is 988. The molecule has 0 aliphatic rings. The lowest BCUT2D eigenvalue weighted by Crippen LogP contribution is -2.12. The second-order valence-electron chi connectivity index (χ2n) is 5.51. The van der Waals surface area contributed by atoms with Gasteiger partial charge in [-0.05, 0) is 54.1 Å². The topological polar surface area (TPSA) is 81.4 Å². The van der Waals surface area contributed by atoms with Gasteiger partial charge in [0, 0.05) is 12.2 Å². The van der Waals surface area contributed by atoms with Crippen LogP contribution in [0.5, 0.6) is 11.5 Å². The summed E-state index contributed by atoms with van der Waals surface area (Å²) in [6.45, 7) is 0.403. The fourth-order valence-corrected chi connectivity index (χ4v) is 3.50. The lowest BCUT2D eigenvalue weighted by molar-refractivity contribution is 0.482. The van der Waals surface area contributed by atoms with Gasteiger partial charge in [0.05, 0.1) is 9.92 Å². The summed E-state index contributed by atoms with van der Waals surface area (Å²) in [5.74, 6) is 0.993. The summed E-state index contributed by atoms with van der Waals surface area (Å²) in [5.41, 5.74) is 6.93. The highest BCUT2D eigenvalue weighted by Crippen LogP contribution is 2.29. The molecule has 0 aliphatic heterocycles. The standard InChI is InChI=1S/C19H17ClN2O3S/c20-18-3-1-2-4-19(18)25-16-9-11-17(12-10-16)26(23,24)22-15-7-5-14(13-21)6-8-15/h1-12,22H,13,21H2. The Balaban J connectivity index is 1.75. The van der Waals surface area contributed by atoms with Crippen molar-refractivity contribution in [1.29, 1.82) is 0 Å². The molecule has 0 heterocycles. The van der Waals surface area contributed by atoms with Crippen LogP contribution < -0.4 is 15.2 Å². The quantitative estimate of drug-likeness (QED) is 0.656. The third-order valence-corrected chi connectivity index (χ3v) is 5.35. The molecule has 0 radical (unpaired) electrons. The van der Waals surface area contributed by atoms with Crippen molar-refractivity contribution < 1.29 is 13.2 Å². The van der Waals surface area contributed by atoms with E-state index in [0.29, 0.717) is 28.8 Å². The Hall–Kier alpha value is -2.54. The van der Waals surface area contributed by atoms with Crippen molar-refractivity contribution >= 4 is 27.3 Å². The fourth-order valence-electron chi connectivity index (χ4n) is 2.26. The van der Waals surface area contributed by atoms with E-state index < -0.39 is 10.0 Å². The molecule has 0 fully saturated rings. The zero-order valence-corrected chi connectivity index (χ0v) is 15.3. The zero-order chi connectivity index (χ0) is 18.6. The van der Waals surface area contributed by atoms with Gasteiger partial charge in [0.25, 0.3) is 10.0 Å². The van der Waals surface area contributed by atoms with Crippen LogP contribution in [-0.4, -0.2) is 8.42 Å². The van der Waals surface area contributed by atoms with Crippen LogP contribution in [0, 0.1) is 0 Å². The largest absolute Gasteiger partial charge is 0.456 e. The lowest BCUT2D eigenvalue weighted by Gasteiger charge is -2.10. The number of benzene rings is 3. The van der Waals surface area contributed by atoms with Crippen molar-refractivity contribution in [3.8, 4) is 11.5 Å². The van der Waals surface area contributed by atoms with Gasteiger partial charge in [-0.2, -0.15) is 0 Å².